The van der Waals surface area contributed by atoms with E-state index in [1.807, 2.05) is 12.1 Å². The van der Waals surface area contributed by atoms with Gasteiger partial charge in [-0.15, -0.1) is 0 Å². The molecule has 3 heteroatoms. The second-order valence-electron chi connectivity index (χ2n) is 4.46. The molecular weight excluding hydrogens is 243 g/mol. The normalized spacial score (nSPS) is 25.5. The maximum atomic E-state index is 5.99. The van der Waals surface area contributed by atoms with Crippen molar-refractivity contribution >= 4 is 23.2 Å². The summed E-state index contributed by atoms with van der Waals surface area (Å²) >= 11 is 12.0. The highest BCUT2D eigenvalue weighted by Gasteiger charge is 2.37. The van der Waals surface area contributed by atoms with Gasteiger partial charge in [-0.25, -0.2) is 0 Å². The minimum Gasteiger partial charge on any atom is -0.370 e. The first-order chi connectivity index (χ1) is 7.60. The van der Waals surface area contributed by atoms with E-state index in [0.29, 0.717) is 28.2 Å². The minimum atomic E-state index is 0.428. The highest BCUT2D eigenvalue weighted by atomic mass is 35.5. The molecule has 1 nitrogen and oxygen atoms in total. The zero-order valence-electron chi connectivity index (χ0n) is 9.54. The van der Waals surface area contributed by atoms with Gasteiger partial charge in [-0.2, -0.15) is 0 Å². The van der Waals surface area contributed by atoms with Gasteiger partial charge in [0.2, 0.25) is 0 Å². The molecule has 1 aromatic carbocycles. The first-order valence-corrected chi connectivity index (χ1v) is 6.47. The summed E-state index contributed by atoms with van der Waals surface area (Å²) in [6, 6.07) is 5.74. The average Bonchev–Trinajstić information content (AvgIpc) is 2.95. The topological polar surface area (TPSA) is 12.5 Å². The van der Waals surface area contributed by atoms with Crippen LogP contribution in [-0.4, -0.2) is 12.2 Å². The fraction of sp³-hybridized carbons (Fsp3) is 0.538. The van der Waals surface area contributed by atoms with Crippen molar-refractivity contribution in [3.05, 3.63) is 33.8 Å². The summed E-state index contributed by atoms with van der Waals surface area (Å²) in [4.78, 5) is 0. The molecule has 0 amide bonds. The molecule has 1 aromatic rings. The molecule has 0 spiro atoms. The van der Waals surface area contributed by atoms with Gasteiger partial charge in [-0.3, -0.25) is 0 Å². The van der Waals surface area contributed by atoms with E-state index in [1.165, 1.54) is 5.56 Å². The molecule has 0 aliphatic carbocycles. The van der Waals surface area contributed by atoms with Crippen LogP contribution < -0.4 is 0 Å². The number of rotatable bonds is 4. The summed E-state index contributed by atoms with van der Waals surface area (Å²) in [5, 5.41) is 1.41. The number of ether oxygens (including phenoxy) is 1. The predicted octanol–water partition coefficient (Wildman–Crippen LogP) is 4.66. The second kappa shape index (κ2) is 4.95. The maximum Gasteiger partial charge on any atom is 0.0847 e. The maximum absolute atomic E-state index is 5.99. The Labute approximate surface area is 107 Å². The van der Waals surface area contributed by atoms with Crippen molar-refractivity contribution in [3.63, 3.8) is 0 Å². The molecular formula is C13H16Cl2O. The molecule has 1 aliphatic heterocycles. The van der Waals surface area contributed by atoms with E-state index in [-0.39, 0.29) is 0 Å². The van der Waals surface area contributed by atoms with Gasteiger partial charge < -0.3 is 4.74 Å². The Kier molecular flexibility index (Phi) is 3.78. The molecule has 2 rings (SSSR count). The third-order valence-corrected chi connectivity index (χ3v) is 3.57. The lowest BCUT2D eigenvalue weighted by Gasteiger charge is -2.11. The highest BCUT2D eigenvalue weighted by molar-refractivity contribution is 6.34. The summed E-state index contributed by atoms with van der Waals surface area (Å²) < 4.78 is 5.55. The van der Waals surface area contributed by atoms with Crippen molar-refractivity contribution in [3.8, 4) is 0 Å². The molecule has 16 heavy (non-hydrogen) atoms. The van der Waals surface area contributed by atoms with Gasteiger partial charge in [0.1, 0.15) is 0 Å². The van der Waals surface area contributed by atoms with Gasteiger partial charge in [0, 0.05) is 10.0 Å². The first-order valence-electron chi connectivity index (χ1n) is 5.71. The van der Waals surface area contributed by atoms with Gasteiger partial charge >= 0.3 is 0 Å². The predicted molar refractivity (Wildman–Crippen MR) is 68.4 cm³/mol. The van der Waals surface area contributed by atoms with Gasteiger partial charge in [-0.05, 0) is 42.5 Å². The molecule has 1 heterocycles. The van der Waals surface area contributed by atoms with Gasteiger partial charge in [0.15, 0.2) is 0 Å². The number of halogens is 2. The van der Waals surface area contributed by atoms with E-state index in [2.05, 4.69) is 13.8 Å². The largest absolute Gasteiger partial charge is 0.370 e. The van der Waals surface area contributed by atoms with E-state index in [9.17, 15) is 0 Å². The first kappa shape index (κ1) is 12.2. The van der Waals surface area contributed by atoms with E-state index >= 15 is 0 Å². The molecule has 1 saturated heterocycles. The van der Waals surface area contributed by atoms with Gasteiger partial charge in [0.05, 0.1) is 12.2 Å². The summed E-state index contributed by atoms with van der Waals surface area (Å²) in [5.74, 6) is 0.442. The molecule has 0 bridgehead atoms. The van der Waals surface area contributed by atoms with Crippen LogP contribution in [0.3, 0.4) is 0 Å². The Morgan fingerprint density at radius 1 is 1.19 bits per heavy atom. The number of hydrogen-bond acceptors (Lipinski definition) is 1. The van der Waals surface area contributed by atoms with Crippen molar-refractivity contribution < 1.29 is 4.74 Å². The van der Waals surface area contributed by atoms with Crippen molar-refractivity contribution in [2.45, 2.75) is 44.8 Å². The molecule has 0 saturated carbocycles. The van der Waals surface area contributed by atoms with Crippen LogP contribution in [0.25, 0.3) is 0 Å². The van der Waals surface area contributed by atoms with Crippen LogP contribution >= 0.6 is 23.2 Å². The van der Waals surface area contributed by atoms with Crippen LogP contribution in [0.5, 0.6) is 0 Å². The van der Waals surface area contributed by atoms with Gasteiger partial charge in [0.25, 0.3) is 0 Å². The van der Waals surface area contributed by atoms with E-state index in [4.69, 9.17) is 27.9 Å². The van der Waals surface area contributed by atoms with Gasteiger partial charge in [-0.1, -0.05) is 37.0 Å². The molecule has 3 unspecified atom stereocenters. The smallest absolute Gasteiger partial charge is 0.0847 e. The highest BCUT2D eigenvalue weighted by Crippen LogP contribution is 2.35. The Morgan fingerprint density at radius 2 is 1.81 bits per heavy atom. The second-order valence-corrected chi connectivity index (χ2v) is 5.33. The fourth-order valence-corrected chi connectivity index (χ4v) is 2.63. The summed E-state index contributed by atoms with van der Waals surface area (Å²) in [6.45, 7) is 4.35. The standard InChI is InChI=1S/C13H16Cl2O/c1-3-12-13(16-12)4-8(2)9-5-10(14)7-11(15)6-9/h5-8,12-13H,3-4H2,1-2H3. The lowest BCUT2D eigenvalue weighted by molar-refractivity contribution is 0.353. The molecule has 1 aliphatic rings. The summed E-state index contributed by atoms with van der Waals surface area (Å²) in [6.07, 6.45) is 3.05. The van der Waals surface area contributed by atoms with E-state index in [0.717, 1.165) is 12.8 Å². The van der Waals surface area contributed by atoms with Crippen LogP contribution in [0.15, 0.2) is 18.2 Å². The van der Waals surface area contributed by atoms with Crippen molar-refractivity contribution in [1.82, 2.24) is 0 Å². The van der Waals surface area contributed by atoms with Crippen LogP contribution in [0.2, 0.25) is 10.0 Å². The average molecular weight is 259 g/mol. The number of benzene rings is 1. The van der Waals surface area contributed by atoms with Crippen LogP contribution in [0.4, 0.5) is 0 Å². The van der Waals surface area contributed by atoms with Crippen LogP contribution in [0.1, 0.15) is 38.2 Å². The SMILES string of the molecule is CCC1OC1CC(C)c1cc(Cl)cc(Cl)c1. The minimum absolute atomic E-state index is 0.428. The Bertz CT molecular complexity index is 358. The third-order valence-electron chi connectivity index (χ3n) is 3.13. The number of epoxide rings is 1. The lowest BCUT2D eigenvalue weighted by atomic mass is 9.95. The van der Waals surface area contributed by atoms with E-state index < -0.39 is 0 Å². The molecule has 0 N–H and O–H groups in total. The Balaban J connectivity index is 2.00. The van der Waals surface area contributed by atoms with Crippen molar-refractivity contribution in [2.75, 3.05) is 0 Å². The van der Waals surface area contributed by atoms with Crippen molar-refractivity contribution in [2.24, 2.45) is 0 Å². The molecule has 0 aromatic heterocycles. The number of hydrogen-bond donors (Lipinski definition) is 0. The summed E-state index contributed by atoms with van der Waals surface area (Å²) in [7, 11) is 0. The molecule has 1 fully saturated rings. The lowest BCUT2D eigenvalue weighted by Crippen LogP contribution is -2.01. The molecule has 88 valence electrons. The quantitative estimate of drug-likeness (QED) is 0.716. The van der Waals surface area contributed by atoms with Crippen LogP contribution in [-0.2, 0) is 4.74 Å². The molecule has 3 atom stereocenters. The fourth-order valence-electron chi connectivity index (χ4n) is 2.09. The van der Waals surface area contributed by atoms with E-state index in [1.54, 1.807) is 6.07 Å². The summed E-state index contributed by atoms with van der Waals surface area (Å²) in [5.41, 5.74) is 1.20. The van der Waals surface area contributed by atoms with Crippen molar-refractivity contribution in [1.29, 1.82) is 0 Å². The third kappa shape index (κ3) is 2.91. The van der Waals surface area contributed by atoms with Crippen LogP contribution in [0, 0.1) is 0 Å². The zero-order chi connectivity index (χ0) is 11.7. The monoisotopic (exact) mass is 258 g/mol. The molecule has 0 radical (unpaired) electrons. The Morgan fingerprint density at radius 3 is 2.31 bits per heavy atom. The zero-order valence-corrected chi connectivity index (χ0v) is 11.1. The Hall–Kier alpha value is -0.240.